The van der Waals surface area contributed by atoms with Gasteiger partial charge in [-0.05, 0) is 40.0 Å². The fourth-order valence-corrected chi connectivity index (χ4v) is 5.73. The van der Waals surface area contributed by atoms with Gasteiger partial charge in [-0.1, -0.05) is 6.92 Å². The van der Waals surface area contributed by atoms with Crippen LogP contribution < -0.4 is 0 Å². The van der Waals surface area contributed by atoms with Gasteiger partial charge in [-0.3, -0.25) is 0 Å². The van der Waals surface area contributed by atoms with E-state index in [0.29, 0.717) is 12.1 Å². The summed E-state index contributed by atoms with van der Waals surface area (Å²) in [6, 6.07) is 0.540. The van der Waals surface area contributed by atoms with E-state index in [1.165, 1.54) is 12.8 Å². The molecule has 0 saturated carbocycles. The molecular formula is C14H26NO3P. The molecule has 4 nitrogen and oxygen atoms in total. The van der Waals surface area contributed by atoms with Crippen LogP contribution in [0.1, 0.15) is 53.4 Å². The van der Waals surface area contributed by atoms with Crippen molar-refractivity contribution in [3.8, 4) is 0 Å². The molecule has 5 heteroatoms. The highest BCUT2D eigenvalue weighted by atomic mass is 31.2. The van der Waals surface area contributed by atoms with Gasteiger partial charge in [0.05, 0.1) is 23.9 Å². The van der Waals surface area contributed by atoms with Crippen molar-refractivity contribution in [3.63, 3.8) is 0 Å². The second-order valence-corrected chi connectivity index (χ2v) is 7.91. The smallest absolute Gasteiger partial charge is 0.260 e. The van der Waals surface area contributed by atoms with Crippen molar-refractivity contribution in [2.75, 3.05) is 6.54 Å². The molecule has 3 aliphatic heterocycles. The zero-order valence-corrected chi connectivity index (χ0v) is 13.4. The Balaban J connectivity index is 1.67. The molecule has 3 heterocycles. The van der Waals surface area contributed by atoms with Crippen LogP contribution in [0.15, 0.2) is 0 Å². The van der Waals surface area contributed by atoms with Gasteiger partial charge >= 0.3 is 0 Å². The fraction of sp³-hybridized carbons (Fsp3) is 1.00. The van der Waals surface area contributed by atoms with E-state index in [-0.39, 0.29) is 17.8 Å². The third-order valence-electron chi connectivity index (χ3n) is 4.56. The summed E-state index contributed by atoms with van der Waals surface area (Å²) < 4.78 is 20.9. The second-order valence-electron chi connectivity index (χ2n) is 6.53. The van der Waals surface area contributed by atoms with E-state index >= 15 is 0 Å². The molecule has 3 fully saturated rings. The first-order valence-electron chi connectivity index (χ1n) is 7.59. The second kappa shape index (κ2) is 5.23. The van der Waals surface area contributed by atoms with Crippen LogP contribution in [-0.4, -0.2) is 41.2 Å². The van der Waals surface area contributed by atoms with Crippen LogP contribution in [-0.2, 0) is 13.8 Å². The van der Waals surface area contributed by atoms with Crippen molar-refractivity contribution in [3.05, 3.63) is 0 Å². The van der Waals surface area contributed by atoms with Gasteiger partial charge in [0.25, 0.3) is 8.53 Å². The molecule has 0 aromatic carbocycles. The van der Waals surface area contributed by atoms with E-state index in [0.717, 1.165) is 19.4 Å². The van der Waals surface area contributed by atoms with Crippen molar-refractivity contribution in [2.24, 2.45) is 0 Å². The van der Waals surface area contributed by atoms with E-state index in [1.54, 1.807) is 0 Å². The molecule has 0 N–H and O–H groups in total. The minimum atomic E-state index is -0.883. The maximum atomic E-state index is 6.34. The third kappa shape index (κ3) is 2.58. The van der Waals surface area contributed by atoms with Gasteiger partial charge in [0.1, 0.15) is 0 Å². The maximum absolute atomic E-state index is 6.34. The number of fused-ring (bicyclic) bond motifs is 1. The van der Waals surface area contributed by atoms with Gasteiger partial charge in [-0.2, -0.15) is 0 Å². The molecule has 5 atom stereocenters. The summed E-state index contributed by atoms with van der Waals surface area (Å²) in [4.78, 5) is 0. The lowest BCUT2D eigenvalue weighted by Crippen LogP contribution is -2.36. The lowest BCUT2D eigenvalue weighted by molar-refractivity contribution is 0.0172. The van der Waals surface area contributed by atoms with Crippen LogP contribution in [0.2, 0.25) is 0 Å². The predicted molar refractivity (Wildman–Crippen MR) is 75.9 cm³/mol. The molecule has 0 aromatic rings. The van der Waals surface area contributed by atoms with Crippen molar-refractivity contribution in [2.45, 2.75) is 83.3 Å². The molecule has 1 unspecified atom stereocenters. The number of nitrogens with zero attached hydrogens (tertiary/aromatic N) is 1. The van der Waals surface area contributed by atoms with Gasteiger partial charge < -0.3 is 13.8 Å². The summed E-state index contributed by atoms with van der Waals surface area (Å²) in [5.41, 5.74) is -0.0605. The summed E-state index contributed by atoms with van der Waals surface area (Å²) in [5, 5.41) is 0. The molecule has 110 valence electrons. The first kappa shape index (κ1) is 14.2. The normalized spacial score (nSPS) is 45.8. The molecular weight excluding hydrogens is 261 g/mol. The molecule has 19 heavy (non-hydrogen) atoms. The van der Waals surface area contributed by atoms with E-state index in [2.05, 4.69) is 32.4 Å². The van der Waals surface area contributed by atoms with E-state index in [1.807, 2.05) is 0 Å². The van der Waals surface area contributed by atoms with Crippen LogP contribution in [0.25, 0.3) is 0 Å². The first-order chi connectivity index (χ1) is 9.01. The monoisotopic (exact) mass is 287 g/mol. The minimum absolute atomic E-state index is 0.0605. The van der Waals surface area contributed by atoms with Crippen LogP contribution in [0.4, 0.5) is 0 Å². The van der Waals surface area contributed by atoms with Crippen LogP contribution in [0, 0.1) is 0 Å². The third-order valence-corrected chi connectivity index (χ3v) is 6.54. The first-order valence-corrected chi connectivity index (χ1v) is 8.72. The Hall–Kier alpha value is 0.270. The van der Waals surface area contributed by atoms with Gasteiger partial charge in [-0.15, -0.1) is 0 Å². The molecule has 3 saturated heterocycles. The lowest BCUT2D eigenvalue weighted by atomic mass is 9.98. The predicted octanol–water partition coefficient (Wildman–Crippen LogP) is 3.46. The van der Waals surface area contributed by atoms with Gasteiger partial charge in [0.2, 0.25) is 0 Å². The summed E-state index contributed by atoms with van der Waals surface area (Å²) in [5.74, 6) is 0. The van der Waals surface area contributed by atoms with Crippen molar-refractivity contribution in [1.29, 1.82) is 0 Å². The molecule has 3 rings (SSSR count). The van der Waals surface area contributed by atoms with Crippen molar-refractivity contribution >= 4 is 8.53 Å². The van der Waals surface area contributed by atoms with Gasteiger partial charge in [0, 0.05) is 19.0 Å². The maximum Gasteiger partial charge on any atom is 0.260 e. The van der Waals surface area contributed by atoms with E-state index < -0.39 is 8.53 Å². The topological polar surface area (TPSA) is 30.9 Å². The Morgan fingerprint density at radius 2 is 2.21 bits per heavy atom. The van der Waals surface area contributed by atoms with Crippen LogP contribution in [0.3, 0.4) is 0 Å². The summed E-state index contributed by atoms with van der Waals surface area (Å²) in [7, 11) is -0.883. The number of hydrogen-bond donors (Lipinski definition) is 0. The molecule has 0 amide bonds. The highest BCUT2D eigenvalue weighted by Crippen LogP contribution is 2.60. The molecule has 3 aliphatic rings. The molecule has 0 radical (unpaired) electrons. The Labute approximate surface area is 117 Å². The highest BCUT2D eigenvalue weighted by molar-refractivity contribution is 7.45. The molecule has 0 spiro atoms. The standard InChI is InChI=1S/C14H26NO3P/c1-5-11-12(9-10(2)16-11)17-19-15-8-6-7-13(15)14(3,4)18-19/h10-13H,5-9H2,1-4H3/t10-,11+,12?,13-,19-/m0/s1. The molecule has 0 bridgehead atoms. The lowest BCUT2D eigenvalue weighted by Gasteiger charge is -2.25. The Bertz CT molecular complexity index is 339. The number of hydrogen-bond acceptors (Lipinski definition) is 4. The van der Waals surface area contributed by atoms with Crippen molar-refractivity contribution < 1.29 is 13.8 Å². The Morgan fingerprint density at radius 3 is 2.95 bits per heavy atom. The van der Waals surface area contributed by atoms with Crippen molar-refractivity contribution in [1.82, 2.24) is 4.67 Å². The summed E-state index contributed by atoms with van der Waals surface area (Å²) in [6.45, 7) is 9.83. The Morgan fingerprint density at radius 1 is 1.42 bits per heavy atom. The van der Waals surface area contributed by atoms with Crippen LogP contribution in [0.5, 0.6) is 0 Å². The zero-order chi connectivity index (χ0) is 13.6. The van der Waals surface area contributed by atoms with E-state index in [4.69, 9.17) is 13.8 Å². The quantitative estimate of drug-likeness (QED) is 0.744. The van der Waals surface area contributed by atoms with Gasteiger partial charge in [0.15, 0.2) is 0 Å². The molecule has 0 aromatic heterocycles. The largest absolute Gasteiger partial charge is 0.372 e. The van der Waals surface area contributed by atoms with Gasteiger partial charge in [-0.25, -0.2) is 4.67 Å². The summed E-state index contributed by atoms with van der Waals surface area (Å²) >= 11 is 0. The summed E-state index contributed by atoms with van der Waals surface area (Å²) in [6.07, 6.45) is 5.30. The minimum Gasteiger partial charge on any atom is -0.372 e. The average Bonchev–Trinajstić information content (AvgIpc) is 2.98. The highest BCUT2D eigenvalue weighted by Gasteiger charge is 2.52. The van der Waals surface area contributed by atoms with Crippen LogP contribution >= 0.6 is 8.53 Å². The molecule has 0 aliphatic carbocycles. The fourth-order valence-electron chi connectivity index (χ4n) is 3.56. The average molecular weight is 287 g/mol. The Kier molecular flexibility index (Phi) is 3.92. The number of ether oxygens (including phenoxy) is 1. The van der Waals surface area contributed by atoms with E-state index in [9.17, 15) is 0 Å². The number of rotatable bonds is 3. The zero-order valence-electron chi connectivity index (χ0n) is 12.5. The SMILES string of the molecule is CC[C@H]1O[C@@H](C)CC1O[P@@]1OC(C)(C)[C@@H]2CCCN21.